The van der Waals surface area contributed by atoms with E-state index >= 15 is 0 Å². The Hall–Kier alpha value is -0.900. The van der Waals surface area contributed by atoms with E-state index in [1.807, 2.05) is 0 Å². The van der Waals surface area contributed by atoms with Crippen LogP contribution in [0.1, 0.15) is 97.3 Å². The Kier molecular flexibility index (Phi) is 5.87. The SMILES string of the molecule is C[C@]12CC[C@H](CCCCCC(=O)O)C[C@@H]1[C@@H](O)C[C@@H]1[C@@H]2CC[C@]2(C)C(=O)CC[C@@H]12. The zero-order valence-corrected chi connectivity index (χ0v) is 18.4. The summed E-state index contributed by atoms with van der Waals surface area (Å²) in [7, 11) is 0. The van der Waals surface area contributed by atoms with Crippen LogP contribution in [-0.4, -0.2) is 28.1 Å². The van der Waals surface area contributed by atoms with Gasteiger partial charge in [-0.15, -0.1) is 0 Å². The number of carbonyl (C=O) groups is 2. The van der Waals surface area contributed by atoms with E-state index in [1.165, 1.54) is 25.7 Å². The lowest BCUT2D eigenvalue weighted by Gasteiger charge is -2.61. The normalized spacial score (nSPS) is 46.7. The second kappa shape index (κ2) is 7.98. The Morgan fingerprint density at radius 3 is 2.55 bits per heavy atom. The van der Waals surface area contributed by atoms with Crippen LogP contribution in [-0.2, 0) is 9.59 Å². The van der Waals surface area contributed by atoms with Gasteiger partial charge in [0.1, 0.15) is 5.78 Å². The summed E-state index contributed by atoms with van der Waals surface area (Å²) in [5.41, 5.74) is 0.117. The zero-order valence-electron chi connectivity index (χ0n) is 18.4. The van der Waals surface area contributed by atoms with Crippen LogP contribution in [0.15, 0.2) is 0 Å². The highest BCUT2D eigenvalue weighted by molar-refractivity contribution is 5.87. The van der Waals surface area contributed by atoms with Crippen LogP contribution in [0.5, 0.6) is 0 Å². The molecule has 8 atom stereocenters. The maximum atomic E-state index is 12.6. The maximum absolute atomic E-state index is 12.6. The topological polar surface area (TPSA) is 74.6 Å². The molecular weight excluding hydrogens is 364 g/mol. The fourth-order valence-electron chi connectivity index (χ4n) is 8.30. The molecule has 0 heterocycles. The van der Waals surface area contributed by atoms with Gasteiger partial charge in [0.25, 0.3) is 0 Å². The first-order valence-electron chi connectivity index (χ1n) is 12.2. The molecule has 0 aromatic carbocycles. The third kappa shape index (κ3) is 3.68. The average molecular weight is 405 g/mol. The van der Waals surface area contributed by atoms with Gasteiger partial charge >= 0.3 is 5.97 Å². The third-order valence-electron chi connectivity index (χ3n) is 10.00. The van der Waals surface area contributed by atoms with Gasteiger partial charge in [-0.2, -0.15) is 0 Å². The lowest BCUT2D eigenvalue weighted by molar-refractivity contribution is -0.165. The van der Waals surface area contributed by atoms with Gasteiger partial charge in [0.15, 0.2) is 0 Å². The number of hydrogen-bond acceptors (Lipinski definition) is 3. The first-order chi connectivity index (χ1) is 13.8. The van der Waals surface area contributed by atoms with Crippen molar-refractivity contribution < 1.29 is 19.8 Å². The summed E-state index contributed by atoms with van der Waals surface area (Å²) in [5, 5.41) is 20.0. The van der Waals surface area contributed by atoms with Crippen molar-refractivity contribution in [3.8, 4) is 0 Å². The number of rotatable bonds is 6. The van der Waals surface area contributed by atoms with E-state index in [9.17, 15) is 14.7 Å². The Balaban J connectivity index is 1.39. The molecule has 0 bridgehead atoms. The predicted octanol–water partition coefficient (Wildman–Crippen LogP) is 5.22. The summed E-state index contributed by atoms with van der Waals surface area (Å²) in [6, 6.07) is 0. The number of fused-ring (bicyclic) bond motifs is 5. The smallest absolute Gasteiger partial charge is 0.303 e. The van der Waals surface area contributed by atoms with E-state index in [1.54, 1.807) is 0 Å². The lowest BCUT2D eigenvalue weighted by atomic mass is 9.44. The molecule has 0 unspecified atom stereocenters. The monoisotopic (exact) mass is 404 g/mol. The Morgan fingerprint density at radius 1 is 1.00 bits per heavy atom. The van der Waals surface area contributed by atoms with E-state index in [4.69, 9.17) is 5.11 Å². The van der Waals surface area contributed by atoms with Gasteiger partial charge in [0, 0.05) is 18.3 Å². The minimum Gasteiger partial charge on any atom is -0.481 e. The minimum atomic E-state index is -0.689. The van der Waals surface area contributed by atoms with Gasteiger partial charge in [-0.3, -0.25) is 9.59 Å². The molecule has 0 spiro atoms. The zero-order chi connectivity index (χ0) is 20.8. The highest BCUT2D eigenvalue weighted by Gasteiger charge is 2.61. The van der Waals surface area contributed by atoms with Gasteiger partial charge < -0.3 is 10.2 Å². The number of carboxylic acids is 1. The second-order valence-corrected chi connectivity index (χ2v) is 11.3. The first-order valence-corrected chi connectivity index (χ1v) is 12.2. The summed E-state index contributed by atoms with van der Waals surface area (Å²) in [5.74, 6) is 2.59. The molecule has 2 N–H and O–H groups in total. The summed E-state index contributed by atoms with van der Waals surface area (Å²) in [6.45, 7) is 4.67. The molecule has 0 amide bonds. The fraction of sp³-hybridized carbons (Fsp3) is 0.920. The maximum Gasteiger partial charge on any atom is 0.303 e. The second-order valence-electron chi connectivity index (χ2n) is 11.3. The molecule has 0 aromatic heterocycles. The fourth-order valence-corrected chi connectivity index (χ4v) is 8.30. The molecule has 4 heteroatoms. The Labute approximate surface area is 175 Å². The molecule has 0 saturated heterocycles. The molecule has 0 aromatic rings. The summed E-state index contributed by atoms with van der Waals surface area (Å²) in [6.07, 6.45) is 12.7. The van der Waals surface area contributed by atoms with Crippen molar-refractivity contribution in [3.05, 3.63) is 0 Å². The van der Waals surface area contributed by atoms with Crippen LogP contribution in [0.25, 0.3) is 0 Å². The Morgan fingerprint density at radius 2 is 1.79 bits per heavy atom. The summed E-state index contributed by atoms with van der Waals surface area (Å²) in [4.78, 5) is 23.2. The number of ketones is 1. The number of carbonyl (C=O) groups excluding carboxylic acids is 1. The van der Waals surface area contributed by atoms with Crippen molar-refractivity contribution in [3.63, 3.8) is 0 Å². The van der Waals surface area contributed by atoms with Gasteiger partial charge in [-0.1, -0.05) is 33.1 Å². The minimum absolute atomic E-state index is 0.114. The van der Waals surface area contributed by atoms with E-state index in [2.05, 4.69) is 13.8 Å². The van der Waals surface area contributed by atoms with Crippen LogP contribution in [0.4, 0.5) is 0 Å². The molecule has 29 heavy (non-hydrogen) atoms. The highest BCUT2D eigenvalue weighted by atomic mass is 16.4. The number of unbranched alkanes of at least 4 members (excludes halogenated alkanes) is 2. The van der Waals surface area contributed by atoms with Crippen molar-refractivity contribution in [1.82, 2.24) is 0 Å². The van der Waals surface area contributed by atoms with Crippen LogP contribution in [0.2, 0.25) is 0 Å². The number of aliphatic hydroxyl groups is 1. The Bertz CT molecular complexity index is 645. The quantitative estimate of drug-likeness (QED) is 0.595. The predicted molar refractivity (Wildman–Crippen MR) is 112 cm³/mol. The van der Waals surface area contributed by atoms with Gasteiger partial charge in [-0.25, -0.2) is 0 Å². The van der Waals surface area contributed by atoms with E-state index in [0.717, 1.165) is 51.4 Å². The van der Waals surface area contributed by atoms with Crippen LogP contribution in [0.3, 0.4) is 0 Å². The lowest BCUT2D eigenvalue weighted by Crippen LogP contribution is -2.57. The van der Waals surface area contributed by atoms with Crippen LogP contribution >= 0.6 is 0 Å². The summed E-state index contributed by atoms with van der Waals surface area (Å²) >= 11 is 0. The van der Waals surface area contributed by atoms with Crippen molar-refractivity contribution >= 4 is 11.8 Å². The number of hydrogen-bond donors (Lipinski definition) is 2. The molecule has 4 rings (SSSR count). The summed E-state index contributed by atoms with van der Waals surface area (Å²) < 4.78 is 0. The van der Waals surface area contributed by atoms with Gasteiger partial charge in [0.05, 0.1) is 6.10 Å². The molecule has 164 valence electrons. The van der Waals surface area contributed by atoms with Crippen LogP contribution < -0.4 is 0 Å². The number of aliphatic carboxylic acids is 1. The van der Waals surface area contributed by atoms with Crippen molar-refractivity contribution in [1.29, 1.82) is 0 Å². The molecular formula is C25H40O4. The van der Waals surface area contributed by atoms with Crippen LogP contribution in [0, 0.1) is 40.4 Å². The van der Waals surface area contributed by atoms with E-state index < -0.39 is 5.97 Å². The molecule has 0 aliphatic heterocycles. The molecule has 4 nitrogen and oxygen atoms in total. The molecule has 4 aliphatic rings. The molecule has 4 fully saturated rings. The number of aliphatic hydroxyl groups excluding tert-OH is 1. The number of carboxylic acid groups (broad SMARTS) is 1. The average Bonchev–Trinajstić information content (AvgIpc) is 2.97. The van der Waals surface area contributed by atoms with Crippen molar-refractivity contribution in [2.24, 2.45) is 40.4 Å². The van der Waals surface area contributed by atoms with Gasteiger partial charge in [0.2, 0.25) is 0 Å². The molecule has 4 aliphatic carbocycles. The van der Waals surface area contributed by atoms with Crippen molar-refractivity contribution in [2.45, 2.75) is 103 Å². The van der Waals surface area contributed by atoms with Crippen molar-refractivity contribution in [2.75, 3.05) is 0 Å². The van der Waals surface area contributed by atoms with Gasteiger partial charge in [-0.05, 0) is 86.4 Å². The number of Topliss-reactive ketones (excluding diaryl/α,β-unsaturated/α-hetero) is 1. The largest absolute Gasteiger partial charge is 0.481 e. The highest BCUT2D eigenvalue weighted by Crippen LogP contribution is 2.66. The molecule has 0 radical (unpaired) electrons. The third-order valence-corrected chi connectivity index (χ3v) is 10.00. The van der Waals surface area contributed by atoms with E-state index in [0.29, 0.717) is 35.4 Å². The first kappa shape index (κ1) is 21.3. The standard InChI is InChI=1S/C25H40O4/c1-24-12-10-16(6-4-3-5-7-23(28)29)14-20(24)21(26)15-17-18-8-9-22(27)25(18,2)13-11-19(17)24/h16-21,26H,3-15H2,1-2H3,(H,28,29)/t16-,17-,18-,19-,20+,21-,24+,25-/m0/s1. The van der Waals surface area contributed by atoms with E-state index in [-0.39, 0.29) is 23.4 Å². The molecule has 4 saturated carbocycles.